The first-order valence-electron chi connectivity index (χ1n) is 4.54. The van der Waals surface area contributed by atoms with Gasteiger partial charge in [0.05, 0.1) is 15.5 Å². The van der Waals surface area contributed by atoms with E-state index in [0.29, 0.717) is 21.1 Å². The highest BCUT2D eigenvalue weighted by Gasteiger charge is 2.22. The van der Waals surface area contributed by atoms with Crippen molar-refractivity contribution >= 4 is 40.0 Å². The zero-order valence-electron chi connectivity index (χ0n) is 8.14. The SMILES string of the molecule is O=C1CC(=S)S/C1=C\c1ccc(O)c(O)c1. The van der Waals surface area contributed by atoms with Crippen LogP contribution in [0.2, 0.25) is 0 Å². The van der Waals surface area contributed by atoms with Gasteiger partial charge in [0, 0.05) is 0 Å². The van der Waals surface area contributed by atoms with E-state index in [-0.39, 0.29) is 17.3 Å². The van der Waals surface area contributed by atoms with Crippen LogP contribution in [0.4, 0.5) is 0 Å². The van der Waals surface area contributed by atoms with E-state index in [1.165, 1.54) is 23.9 Å². The van der Waals surface area contributed by atoms with E-state index >= 15 is 0 Å². The second kappa shape index (κ2) is 4.27. The Hall–Kier alpha value is -1.33. The molecule has 1 heterocycles. The Labute approximate surface area is 102 Å². The molecule has 0 amide bonds. The van der Waals surface area contributed by atoms with Gasteiger partial charge in [0.25, 0.3) is 0 Å². The third-order valence-electron chi connectivity index (χ3n) is 2.10. The zero-order chi connectivity index (χ0) is 11.7. The first kappa shape index (κ1) is 11.2. The maximum absolute atomic E-state index is 11.5. The van der Waals surface area contributed by atoms with E-state index in [0.717, 1.165) is 0 Å². The van der Waals surface area contributed by atoms with E-state index < -0.39 is 0 Å². The van der Waals surface area contributed by atoms with Crippen molar-refractivity contribution in [3.8, 4) is 11.5 Å². The molecule has 5 heteroatoms. The summed E-state index contributed by atoms with van der Waals surface area (Å²) in [5, 5.41) is 18.4. The van der Waals surface area contributed by atoms with Crippen molar-refractivity contribution in [2.45, 2.75) is 6.42 Å². The molecule has 1 saturated heterocycles. The molecule has 0 atom stereocenters. The average Bonchev–Trinajstić information content (AvgIpc) is 2.51. The number of aromatic hydroxyl groups is 2. The summed E-state index contributed by atoms with van der Waals surface area (Å²) in [6, 6.07) is 4.40. The predicted molar refractivity (Wildman–Crippen MR) is 67.6 cm³/mol. The number of Topliss-reactive ketones (excluding diaryl/α,β-unsaturated/α-hetero) is 1. The minimum Gasteiger partial charge on any atom is -0.504 e. The molecule has 0 saturated carbocycles. The highest BCUT2D eigenvalue weighted by Crippen LogP contribution is 2.33. The molecule has 16 heavy (non-hydrogen) atoms. The molecule has 1 fully saturated rings. The van der Waals surface area contributed by atoms with E-state index in [2.05, 4.69) is 0 Å². The van der Waals surface area contributed by atoms with Crippen LogP contribution in [0.5, 0.6) is 11.5 Å². The van der Waals surface area contributed by atoms with Crippen LogP contribution in [0.3, 0.4) is 0 Å². The molecule has 3 nitrogen and oxygen atoms in total. The smallest absolute Gasteiger partial charge is 0.175 e. The molecule has 2 N–H and O–H groups in total. The van der Waals surface area contributed by atoms with Crippen molar-refractivity contribution < 1.29 is 15.0 Å². The van der Waals surface area contributed by atoms with Crippen molar-refractivity contribution in [2.24, 2.45) is 0 Å². The van der Waals surface area contributed by atoms with Gasteiger partial charge in [-0.3, -0.25) is 4.79 Å². The number of hydrogen-bond acceptors (Lipinski definition) is 5. The molecule has 0 aliphatic carbocycles. The van der Waals surface area contributed by atoms with Gasteiger partial charge in [-0.2, -0.15) is 0 Å². The standard InChI is InChI=1S/C11H8O3S2/c12-7-2-1-6(3-8(7)13)4-10-9(14)5-11(15)16-10/h1-4,12-13H,5H2/b10-4-. The van der Waals surface area contributed by atoms with Gasteiger partial charge in [-0.15, -0.1) is 0 Å². The minimum absolute atomic E-state index is 0.00237. The number of ketones is 1. The average molecular weight is 252 g/mol. The van der Waals surface area contributed by atoms with Crippen LogP contribution >= 0.6 is 24.0 Å². The molecule has 1 aromatic rings. The fourth-order valence-electron chi connectivity index (χ4n) is 1.33. The summed E-state index contributed by atoms with van der Waals surface area (Å²) in [6.07, 6.45) is 1.96. The van der Waals surface area contributed by atoms with E-state index in [1.807, 2.05) is 0 Å². The predicted octanol–water partition coefficient (Wildman–Crippen LogP) is 2.47. The first-order chi connectivity index (χ1) is 7.56. The largest absolute Gasteiger partial charge is 0.504 e. The van der Waals surface area contributed by atoms with Crippen LogP contribution in [0, 0.1) is 0 Å². The highest BCUT2D eigenvalue weighted by atomic mass is 32.2. The van der Waals surface area contributed by atoms with Crippen LogP contribution in [0.25, 0.3) is 6.08 Å². The minimum atomic E-state index is -0.202. The van der Waals surface area contributed by atoms with Crippen LogP contribution in [-0.4, -0.2) is 20.2 Å². The molecule has 0 radical (unpaired) electrons. The maximum atomic E-state index is 11.5. The Morgan fingerprint density at radius 2 is 2.06 bits per heavy atom. The molecule has 0 unspecified atom stereocenters. The van der Waals surface area contributed by atoms with Gasteiger partial charge < -0.3 is 10.2 Å². The summed E-state index contributed by atoms with van der Waals surface area (Å²) in [7, 11) is 0. The van der Waals surface area contributed by atoms with Crippen molar-refractivity contribution in [3.63, 3.8) is 0 Å². The van der Waals surface area contributed by atoms with Crippen LogP contribution in [-0.2, 0) is 4.79 Å². The Morgan fingerprint density at radius 3 is 2.62 bits per heavy atom. The molecule has 0 spiro atoms. The van der Waals surface area contributed by atoms with Crippen molar-refractivity contribution in [3.05, 3.63) is 28.7 Å². The summed E-state index contributed by atoms with van der Waals surface area (Å²) >= 11 is 6.23. The van der Waals surface area contributed by atoms with E-state index in [9.17, 15) is 9.90 Å². The molecule has 1 aliphatic rings. The number of thioether (sulfide) groups is 1. The molecule has 82 valence electrons. The molecule has 0 bridgehead atoms. The molecule has 2 rings (SSSR count). The zero-order valence-corrected chi connectivity index (χ0v) is 9.77. The lowest BCUT2D eigenvalue weighted by Gasteiger charge is -1.99. The Bertz CT molecular complexity index is 506. The lowest BCUT2D eigenvalue weighted by atomic mass is 10.1. The first-order valence-corrected chi connectivity index (χ1v) is 5.76. The third kappa shape index (κ3) is 2.25. The van der Waals surface area contributed by atoms with Gasteiger partial charge in [-0.1, -0.05) is 30.0 Å². The fourth-order valence-corrected chi connectivity index (χ4v) is 2.56. The van der Waals surface area contributed by atoms with Crippen LogP contribution in [0.15, 0.2) is 23.1 Å². The van der Waals surface area contributed by atoms with Crippen molar-refractivity contribution in [1.29, 1.82) is 0 Å². The number of phenolic OH excluding ortho intramolecular Hbond substituents is 2. The fraction of sp³-hybridized carbons (Fsp3) is 0.0909. The highest BCUT2D eigenvalue weighted by molar-refractivity contribution is 8.27. The van der Waals surface area contributed by atoms with Crippen LogP contribution in [0.1, 0.15) is 12.0 Å². The van der Waals surface area contributed by atoms with Gasteiger partial charge in [-0.25, -0.2) is 0 Å². The van der Waals surface area contributed by atoms with Gasteiger partial charge in [0.1, 0.15) is 0 Å². The molecular formula is C11H8O3S2. The Kier molecular flexibility index (Phi) is 2.98. The van der Waals surface area contributed by atoms with E-state index in [4.69, 9.17) is 17.3 Å². The van der Waals surface area contributed by atoms with Crippen molar-refractivity contribution in [1.82, 2.24) is 0 Å². The number of thiocarbonyl (C=S) groups is 1. The summed E-state index contributed by atoms with van der Waals surface area (Å²) < 4.78 is 0.666. The maximum Gasteiger partial charge on any atom is 0.175 e. The quantitative estimate of drug-likeness (QED) is 0.457. The van der Waals surface area contributed by atoms with E-state index in [1.54, 1.807) is 12.1 Å². The number of hydrogen-bond donors (Lipinski definition) is 2. The van der Waals surface area contributed by atoms with Crippen molar-refractivity contribution in [2.75, 3.05) is 0 Å². The topological polar surface area (TPSA) is 57.5 Å². The normalized spacial score (nSPS) is 18.4. The second-order valence-electron chi connectivity index (χ2n) is 3.33. The Balaban J connectivity index is 2.32. The number of allylic oxidation sites excluding steroid dienone is 1. The summed E-state index contributed by atoms with van der Waals surface area (Å²) in [5.41, 5.74) is 0.663. The molecule has 0 aromatic heterocycles. The summed E-state index contributed by atoms with van der Waals surface area (Å²) in [4.78, 5) is 12.0. The third-order valence-corrected chi connectivity index (χ3v) is 3.43. The lowest BCUT2D eigenvalue weighted by Crippen LogP contribution is -1.90. The monoisotopic (exact) mass is 252 g/mol. The van der Waals surface area contributed by atoms with Gasteiger partial charge >= 0.3 is 0 Å². The molecule has 1 aromatic carbocycles. The van der Waals surface area contributed by atoms with Crippen LogP contribution < -0.4 is 0 Å². The Morgan fingerprint density at radius 1 is 1.31 bits per heavy atom. The number of benzene rings is 1. The summed E-state index contributed by atoms with van der Waals surface area (Å²) in [6.45, 7) is 0. The van der Waals surface area contributed by atoms with Gasteiger partial charge in [0.15, 0.2) is 17.3 Å². The number of carbonyl (C=O) groups excluding carboxylic acids is 1. The number of carbonyl (C=O) groups is 1. The molecule has 1 aliphatic heterocycles. The van der Waals surface area contributed by atoms with Gasteiger partial charge in [0.2, 0.25) is 0 Å². The second-order valence-corrected chi connectivity index (χ2v) is 5.22. The lowest BCUT2D eigenvalue weighted by molar-refractivity contribution is -0.113. The van der Waals surface area contributed by atoms with Gasteiger partial charge in [-0.05, 0) is 23.8 Å². The summed E-state index contributed by atoms with van der Waals surface area (Å²) in [5.74, 6) is -0.377. The molecular weight excluding hydrogens is 244 g/mol. The number of rotatable bonds is 1. The number of phenols is 2.